The van der Waals surface area contributed by atoms with Crippen molar-refractivity contribution in [3.8, 4) is 0 Å². The molecule has 1 aromatic carbocycles. The van der Waals surface area contributed by atoms with Crippen LogP contribution >= 0.6 is 0 Å². The third-order valence-electron chi connectivity index (χ3n) is 4.86. The normalized spacial score (nSPS) is 17.0. The van der Waals surface area contributed by atoms with Crippen molar-refractivity contribution in [2.45, 2.75) is 32.7 Å². The van der Waals surface area contributed by atoms with Crippen LogP contribution in [0.25, 0.3) is 0 Å². The lowest BCUT2D eigenvalue weighted by Crippen LogP contribution is -2.35. The van der Waals surface area contributed by atoms with Crippen LogP contribution in [0.15, 0.2) is 29.1 Å². The summed E-state index contributed by atoms with van der Waals surface area (Å²) < 4.78 is 0. The molecule has 5 N–H and O–H groups in total. The summed E-state index contributed by atoms with van der Waals surface area (Å²) in [6.07, 6.45) is 2.28. The van der Waals surface area contributed by atoms with E-state index in [9.17, 15) is 9.59 Å². The maximum absolute atomic E-state index is 12.4. The number of nitrogens with one attached hydrogen (secondary N) is 3. The Balaban J connectivity index is 1.84. The van der Waals surface area contributed by atoms with Gasteiger partial charge in [0.15, 0.2) is 5.82 Å². The molecule has 1 aromatic heterocycles. The van der Waals surface area contributed by atoms with E-state index in [0.29, 0.717) is 18.5 Å². The molecule has 0 bridgehead atoms. The minimum absolute atomic E-state index is 0.151. The molecule has 2 heterocycles. The second kappa shape index (κ2) is 8.22. The van der Waals surface area contributed by atoms with Crippen molar-refractivity contribution in [3.63, 3.8) is 0 Å². The van der Waals surface area contributed by atoms with Crippen LogP contribution in [0.3, 0.4) is 0 Å². The lowest BCUT2D eigenvalue weighted by molar-refractivity contribution is 0.0999. The molecule has 0 spiro atoms. The molecule has 1 saturated heterocycles. The summed E-state index contributed by atoms with van der Waals surface area (Å²) in [4.78, 5) is 33.6. The number of carbonyl (C=O) groups is 1. The number of hydrogen-bond donors (Lipinski definition) is 4. The molecule has 8 nitrogen and oxygen atoms in total. The second-order valence-electron chi connectivity index (χ2n) is 6.80. The van der Waals surface area contributed by atoms with Gasteiger partial charge in [-0.05, 0) is 50.6 Å². The number of hydrogen-bond acceptors (Lipinski definition) is 6. The van der Waals surface area contributed by atoms with Crippen molar-refractivity contribution >= 4 is 23.4 Å². The zero-order valence-corrected chi connectivity index (χ0v) is 15.7. The van der Waals surface area contributed by atoms with Gasteiger partial charge >= 0.3 is 0 Å². The van der Waals surface area contributed by atoms with Gasteiger partial charge in [-0.3, -0.25) is 19.5 Å². The van der Waals surface area contributed by atoms with Crippen molar-refractivity contribution in [1.82, 2.24) is 14.9 Å². The fourth-order valence-electron chi connectivity index (χ4n) is 3.49. The number of benzene rings is 1. The fourth-order valence-corrected chi connectivity index (χ4v) is 3.49. The van der Waals surface area contributed by atoms with Gasteiger partial charge in [0.1, 0.15) is 5.56 Å². The van der Waals surface area contributed by atoms with Gasteiger partial charge in [0, 0.05) is 18.3 Å². The van der Waals surface area contributed by atoms with Gasteiger partial charge < -0.3 is 16.4 Å². The standard InChI is InChI=1S/C19H26N6O2/c1-3-25-9-5-8-14(25)11-21-19-23-17(15(16(20)26)18(27)24-19)22-13-7-4-6-12(2)10-13/h4,6-7,10,14H,3,5,8-9,11H2,1-2H3,(H2,20,26)(H3,21,22,23,24,27)/t14-/m0/s1. The number of nitrogens with two attached hydrogens (primary N) is 1. The largest absolute Gasteiger partial charge is 0.365 e. The van der Waals surface area contributed by atoms with Crippen molar-refractivity contribution in [3.05, 3.63) is 45.7 Å². The number of aromatic nitrogens is 2. The average molecular weight is 370 g/mol. The molecule has 0 unspecified atom stereocenters. The average Bonchev–Trinajstić information content (AvgIpc) is 3.07. The number of aryl methyl sites for hydroxylation is 1. The molecular formula is C19H26N6O2. The third-order valence-corrected chi connectivity index (χ3v) is 4.86. The van der Waals surface area contributed by atoms with E-state index in [0.717, 1.165) is 30.8 Å². The van der Waals surface area contributed by atoms with Gasteiger partial charge in [-0.25, -0.2) is 0 Å². The molecule has 1 fully saturated rings. The molecule has 1 amide bonds. The molecule has 0 radical (unpaired) electrons. The van der Waals surface area contributed by atoms with Gasteiger partial charge in [0.25, 0.3) is 11.5 Å². The van der Waals surface area contributed by atoms with Gasteiger partial charge in [-0.15, -0.1) is 0 Å². The van der Waals surface area contributed by atoms with Gasteiger partial charge in [-0.1, -0.05) is 19.1 Å². The Morgan fingerprint density at radius 3 is 2.96 bits per heavy atom. The number of likely N-dealkylation sites (tertiary alicyclic amines) is 1. The van der Waals surface area contributed by atoms with E-state index in [-0.39, 0.29) is 11.4 Å². The summed E-state index contributed by atoms with van der Waals surface area (Å²) >= 11 is 0. The second-order valence-corrected chi connectivity index (χ2v) is 6.80. The first-order valence-electron chi connectivity index (χ1n) is 9.23. The van der Waals surface area contributed by atoms with E-state index in [1.807, 2.05) is 31.2 Å². The number of amides is 1. The number of rotatable bonds is 7. The molecule has 0 aliphatic carbocycles. The SMILES string of the molecule is CCN1CCC[C@H]1CNc1nc(Nc2cccc(C)c2)c(C(N)=O)c(=O)[nH]1. The van der Waals surface area contributed by atoms with Crippen molar-refractivity contribution in [1.29, 1.82) is 0 Å². The molecule has 3 rings (SSSR count). The summed E-state index contributed by atoms with van der Waals surface area (Å²) in [6.45, 7) is 6.87. The Morgan fingerprint density at radius 2 is 2.26 bits per heavy atom. The van der Waals surface area contributed by atoms with E-state index in [1.54, 1.807) is 0 Å². The molecule has 2 aromatic rings. The van der Waals surface area contributed by atoms with Crippen LogP contribution in [0.4, 0.5) is 17.5 Å². The van der Waals surface area contributed by atoms with Gasteiger partial charge in [0.2, 0.25) is 5.95 Å². The van der Waals surface area contributed by atoms with Crippen LogP contribution < -0.4 is 21.9 Å². The Morgan fingerprint density at radius 1 is 1.44 bits per heavy atom. The van der Waals surface area contributed by atoms with Crippen LogP contribution in [-0.4, -0.2) is 46.5 Å². The summed E-state index contributed by atoms with van der Waals surface area (Å²) in [5, 5.41) is 6.24. The molecule has 0 saturated carbocycles. The summed E-state index contributed by atoms with van der Waals surface area (Å²) in [5.41, 5.74) is 6.43. The monoisotopic (exact) mass is 370 g/mol. The van der Waals surface area contributed by atoms with E-state index in [4.69, 9.17) is 5.73 Å². The number of H-pyrrole nitrogens is 1. The van der Waals surface area contributed by atoms with Crippen LogP contribution in [0.1, 0.15) is 35.7 Å². The summed E-state index contributed by atoms with van der Waals surface area (Å²) in [6, 6.07) is 7.99. The van der Waals surface area contributed by atoms with Crippen molar-refractivity contribution in [2.24, 2.45) is 5.73 Å². The third kappa shape index (κ3) is 4.46. The molecule has 1 aliphatic heterocycles. The predicted octanol–water partition coefficient (Wildman–Crippen LogP) is 1.82. The number of nitrogens with zero attached hydrogens (tertiary/aromatic N) is 2. The first-order valence-corrected chi connectivity index (χ1v) is 9.23. The first kappa shape index (κ1) is 18.9. The van der Waals surface area contributed by atoms with E-state index < -0.39 is 11.5 Å². The Labute approximate surface area is 158 Å². The van der Waals surface area contributed by atoms with Crippen LogP contribution in [0, 0.1) is 6.92 Å². The van der Waals surface area contributed by atoms with Crippen LogP contribution in [-0.2, 0) is 0 Å². The Hall–Kier alpha value is -2.87. The van der Waals surface area contributed by atoms with Crippen molar-refractivity contribution < 1.29 is 4.79 Å². The molecular weight excluding hydrogens is 344 g/mol. The molecule has 8 heteroatoms. The predicted molar refractivity (Wildman–Crippen MR) is 107 cm³/mol. The maximum Gasteiger partial charge on any atom is 0.267 e. The quantitative estimate of drug-likeness (QED) is 0.591. The highest BCUT2D eigenvalue weighted by atomic mass is 16.2. The minimum Gasteiger partial charge on any atom is -0.365 e. The highest BCUT2D eigenvalue weighted by Crippen LogP contribution is 2.20. The zero-order valence-electron chi connectivity index (χ0n) is 15.7. The lowest BCUT2D eigenvalue weighted by atomic mass is 10.2. The summed E-state index contributed by atoms with van der Waals surface area (Å²) in [7, 11) is 0. The molecule has 144 valence electrons. The van der Waals surface area contributed by atoms with E-state index in [1.165, 1.54) is 6.42 Å². The Bertz CT molecular complexity index is 879. The maximum atomic E-state index is 12.4. The van der Waals surface area contributed by atoms with Gasteiger partial charge in [-0.2, -0.15) is 4.98 Å². The zero-order chi connectivity index (χ0) is 19.4. The first-order chi connectivity index (χ1) is 13.0. The van der Waals surface area contributed by atoms with Crippen LogP contribution in [0.2, 0.25) is 0 Å². The summed E-state index contributed by atoms with van der Waals surface area (Å²) in [5.74, 6) is -0.348. The molecule has 1 atom stereocenters. The number of carbonyl (C=O) groups excluding carboxylic acids is 1. The smallest absolute Gasteiger partial charge is 0.267 e. The van der Waals surface area contributed by atoms with Crippen molar-refractivity contribution in [2.75, 3.05) is 30.3 Å². The number of aromatic amines is 1. The number of anilines is 3. The lowest BCUT2D eigenvalue weighted by Gasteiger charge is -2.23. The highest BCUT2D eigenvalue weighted by Gasteiger charge is 2.23. The number of likely N-dealkylation sites (N-methyl/N-ethyl adjacent to an activating group) is 1. The minimum atomic E-state index is -0.821. The highest BCUT2D eigenvalue weighted by molar-refractivity contribution is 5.98. The Kier molecular flexibility index (Phi) is 5.75. The fraction of sp³-hybridized carbons (Fsp3) is 0.421. The van der Waals surface area contributed by atoms with E-state index >= 15 is 0 Å². The van der Waals surface area contributed by atoms with Gasteiger partial charge in [0.05, 0.1) is 0 Å². The van der Waals surface area contributed by atoms with E-state index in [2.05, 4.69) is 32.4 Å². The topological polar surface area (TPSA) is 116 Å². The molecule has 27 heavy (non-hydrogen) atoms. The van der Waals surface area contributed by atoms with Crippen LogP contribution in [0.5, 0.6) is 0 Å². The number of primary amides is 1. The molecule has 1 aliphatic rings.